The summed E-state index contributed by atoms with van der Waals surface area (Å²) in [6.45, 7) is 0. The molecule has 1 N–H and O–H groups in total. The first-order valence-electron chi connectivity index (χ1n) is 9.34. The van der Waals surface area contributed by atoms with Crippen molar-refractivity contribution in [2.75, 3.05) is 12.0 Å². The fraction of sp³-hybridized carbons (Fsp3) is 0.0417. The van der Waals surface area contributed by atoms with Crippen LogP contribution in [-0.2, 0) is 4.79 Å². The van der Waals surface area contributed by atoms with E-state index in [0.29, 0.717) is 22.8 Å². The largest absolute Gasteiger partial charge is 0.497 e. The lowest BCUT2D eigenvalue weighted by Gasteiger charge is -2.19. The van der Waals surface area contributed by atoms with Crippen LogP contribution in [0, 0.1) is 0 Å². The third kappa shape index (κ3) is 4.27. The molecule has 31 heavy (non-hydrogen) atoms. The lowest BCUT2D eigenvalue weighted by atomic mass is 10.1. The number of hydrogen-bond acceptors (Lipinski definition) is 4. The van der Waals surface area contributed by atoms with Crippen LogP contribution < -0.4 is 9.64 Å². The van der Waals surface area contributed by atoms with Crippen LogP contribution in [0.5, 0.6) is 5.75 Å². The quantitative estimate of drug-likeness (QED) is 0.526. The standard InChI is InChI=1S/C24H17BrN2O4/c1-31-20-12-10-19(11-13-20)27-22(16-6-8-18(25)9-7-16)26-21(23(27)28)14-15-2-4-17(5-3-15)24(29)30/h2-14H,1H3,(H,29,30)/b21-14+. The predicted molar refractivity (Wildman–Crippen MR) is 123 cm³/mol. The zero-order valence-electron chi connectivity index (χ0n) is 16.4. The number of amidine groups is 1. The monoisotopic (exact) mass is 476 g/mol. The van der Waals surface area contributed by atoms with Crippen molar-refractivity contribution < 1.29 is 19.4 Å². The maximum Gasteiger partial charge on any atom is 0.335 e. The minimum atomic E-state index is -1.00. The highest BCUT2D eigenvalue weighted by Gasteiger charge is 2.32. The zero-order chi connectivity index (χ0) is 22.0. The van der Waals surface area contributed by atoms with Gasteiger partial charge in [0, 0.05) is 10.0 Å². The van der Waals surface area contributed by atoms with Crippen LogP contribution in [0.2, 0.25) is 0 Å². The third-order valence-electron chi connectivity index (χ3n) is 4.75. The first-order chi connectivity index (χ1) is 15.0. The van der Waals surface area contributed by atoms with Crippen molar-refractivity contribution in [2.24, 2.45) is 4.99 Å². The number of halogens is 1. The molecule has 0 spiro atoms. The van der Waals surface area contributed by atoms with Crippen molar-refractivity contribution in [1.29, 1.82) is 0 Å². The Labute approximate surface area is 187 Å². The molecule has 0 atom stereocenters. The fourth-order valence-corrected chi connectivity index (χ4v) is 3.42. The molecule has 4 rings (SSSR count). The topological polar surface area (TPSA) is 79.2 Å². The van der Waals surface area contributed by atoms with Crippen LogP contribution in [0.3, 0.4) is 0 Å². The number of methoxy groups -OCH3 is 1. The van der Waals surface area contributed by atoms with Gasteiger partial charge in [-0.2, -0.15) is 0 Å². The number of benzene rings is 3. The lowest BCUT2D eigenvalue weighted by molar-refractivity contribution is -0.113. The van der Waals surface area contributed by atoms with Crippen molar-refractivity contribution >= 4 is 45.4 Å². The van der Waals surface area contributed by atoms with Crippen molar-refractivity contribution in [3.63, 3.8) is 0 Å². The number of aromatic carboxylic acids is 1. The van der Waals surface area contributed by atoms with Crippen LogP contribution in [0.4, 0.5) is 5.69 Å². The molecule has 1 amide bonds. The molecule has 0 aromatic heterocycles. The SMILES string of the molecule is COc1ccc(N2C(=O)/C(=C\c3ccc(C(=O)O)cc3)N=C2c2ccc(Br)cc2)cc1. The Morgan fingerprint density at radius 3 is 2.23 bits per heavy atom. The molecule has 6 nitrogen and oxygen atoms in total. The Morgan fingerprint density at radius 1 is 1.00 bits per heavy atom. The number of aliphatic imine (C=N–C) groups is 1. The number of carbonyl (C=O) groups is 2. The van der Waals surface area contributed by atoms with E-state index in [-0.39, 0.29) is 17.2 Å². The van der Waals surface area contributed by atoms with E-state index in [1.807, 2.05) is 24.3 Å². The van der Waals surface area contributed by atoms with Gasteiger partial charge in [0.05, 0.1) is 18.4 Å². The highest BCUT2D eigenvalue weighted by atomic mass is 79.9. The molecule has 0 unspecified atom stereocenters. The van der Waals surface area contributed by atoms with Crippen LogP contribution in [-0.4, -0.2) is 29.9 Å². The number of rotatable bonds is 5. The van der Waals surface area contributed by atoms with Crippen LogP contribution >= 0.6 is 15.9 Å². The highest BCUT2D eigenvalue weighted by molar-refractivity contribution is 9.10. The minimum absolute atomic E-state index is 0.179. The average molecular weight is 477 g/mol. The Balaban J connectivity index is 1.77. The number of carbonyl (C=O) groups excluding carboxylic acids is 1. The summed E-state index contributed by atoms with van der Waals surface area (Å²) in [5, 5.41) is 9.07. The molecule has 0 fully saturated rings. The summed E-state index contributed by atoms with van der Waals surface area (Å²) in [4.78, 5) is 30.5. The van der Waals surface area contributed by atoms with Gasteiger partial charge in [0.1, 0.15) is 17.3 Å². The number of carboxylic acid groups (broad SMARTS) is 1. The molecule has 3 aromatic carbocycles. The molecule has 1 aliphatic heterocycles. The van der Waals surface area contributed by atoms with Gasteiger partial charge >= 0.3 is 5.97 Å². The number of anilines is 1. The van der Waals surface area contributed by atoms with Gasteiger partial charge in [-0.05, 0) is 60.2 Å². The highest BCUT2D eigenvalue weighted by Crippen LogP contribution is 2.29. The van der Waals surface area contributed by atoms with Gasteiger partial charge in [0.15, 0.2) is 0 Å². The first kappa shape index (κ1) is 20.6. The van der Waals surface area contributed by atoms with Gasteiger partial charge in [0.2, 0.25) is 0 Å². The fourth-order valence-electron chi connectivity index (χ4n) is 3.16. The normalized spacial score (nSPS) is 14.6. The Morgan fingerprint density at radius 2 is 1.65 bits per heavy atom. The molecule has 1 heterocycles. The Bertz CT molecular complexity index is 1200. The molecule has 0 radical (unpaired) electrons. The first-order valence-corrected chi connectivity index (χ1v) is 10.1. The van der Waals surface area contributed by atoms with E-state index in [9.17, 15) is 9.59 Å². The second kappa shape index (κ2) is 8.57. The molecule has 0 bridgehead atoms. The Kier molecular flexibility index (Phi) is 5.68. The van der Waals surface area contributed by atoms with Crippen LogP contribution in [0.25, 0.3) is 6.08 Å². The molecular weight excluding hydrogens is 460 g/mol. The zero-order valence-corrected chi connectivity index (χ0v) is 18.0. The van der Waals surface area contributed by atoms with Crippen molar-refractivity contribution in [3.8, 4) is 5.75 Å². The molecule has 154 valence electrons. The second-order valence-corrected chi connectivity index (χ2v) is 7.65. The van der Waals surface area contributed by atoms with E-state index < -0.39 is 5.97 Å². The number of hydrogen-bond donors (Lipinski definition) is 1. The number of ether oxygens (including phenoxy) is 1. The summed E-state index contributed by atoms with van der Waals surface area (Å²) in [6, 6.07) is 21.0. The van der Waals surface area contributed by atoms with E-state index in [2.05, 4.69) is 20.9 Å². The predicted octanol–water partition coefficient (Wildman–Crippen LogP) is 4.99. The van der Waals surface area contributed by atoms with Crippen molar-refractivity contribution in [3.05, 3.63) is 99.7 Å². The molecule has 1 aliphatic rings. The molecule has 3 aromatic rings. The molecule has 7 heteroatoms. The lowest BCUT2D eigenvalue weighted by Crippen LogP contribution is -2.32. The third-order valence-corrected chi connectivity index (χ3v) is 5.28. The van der Waals surface area contributed by atoms with E-state index >= 15 is 0 Å². The summed E-state index contributed by atoms with van der Waals surface area (Å²) in [5.41, 5.74) is 2.58. The minimum Gasteiger partial charge on any atom is -0.497 e. The number of nitrogens with zero attached hydrogens (tertiary/aromatic N) is 2. The second-order valence-electron chi connectivity index (χ2n) is 6.74. The summed E-state index contributed by atoms with van der Waals surface area (Å²) in [7, 11) is 1.58. The summed E-state index contributed by atoms with van der Waals surface area (Å²) >= 11 is 3.43. The summed E-state index contributed by atoms with van der Waals surface area (Å²) in [6.07, 6.45) is 1.65. The van der Waals surface area contributed by atoms with Gasteiger partial charge < -0.3 is 9.84 Å². The summed E-state index contributed by atoms with van der Waals surface area (Å²) in [5.74, 6) is -0.0781. The molecule has 0 saturated carbocycles. The molecule has 0 aliphatic carbocycles. The van der Waals surface area contributed by atoms with E-state index in [1.165, 1.54) is 12.1 Å². The van der Waals surface area contributed by atoms with E-state index in [0.717, 1.165) is 10.0 Å². The summed E-state index contributed by atoms with van der Waals surface area (Å²) < 4.78 is 6.14. The maximum atomic E-state index is 13.3. The number of carboxylic acids is 1. The van der Waals surface area contributed by atoms with Gasteiger partial charge in [-0.25, -0.2) is 9.79 Å². The van der Waals surface area contributed by atoms with Gasteiger partial charge in [-0.1, -0.05) is 40.2 Å². The van der Waals surface area contributed by atoms with Crippen LogP contribution in [0.15, 0.2) is 88.0 Å². The molecular formula is C24H17BrN2O4. The molecule has 0 saturated heterocycles. The van der Waals surface area contributed by atoms with Crippen molar-refractivity contribution in [2.45, 2.75) is 0 Å². The number of amides is 1. The van der Waals surface area contributed by atoms with Crippen molar-refractivity contribution in [1.82, 2.24) is 0 Å². The van der Waals surface area contributed by atoms with E-state index in [4.69, 9.17) is 9.84 Å². The van der Waals surface area contributed by atoms with Gasteiger partial charge in [-0.3, -0.25) is 9.69 Å². The van der Waals surface area contributed by atoms with Gasteiger partial charge in [-0.15, -0.1) is 0 Å². The van der Waals surface area contributed by atoms with Gasteiger partial charge in [0.25, 0.3) is 5.91 Å². The van der Waals surface area contributed by atoms with Crippen LogP contribution in [0.1, 0.15) is 21.5 Å². The average Bonchev–Trinajstić information content (AvgIpc) is 3.10. The smallest absolute Gasteiger partial charge is 0.335 e. The Hall–Kier alpha value is -3.71. The maximum absolute atomic E-state index is 13.3. The van der Waals surface area contributed by atoms with E-state index in [1.54, 1.807) is 54.5 Å².